The van der Waals surface area contributed by atoms with Crippen LogP contribution >= 0.6 is 0 Å². The lowest BCUT2D eigenvalue weighted by atomic mass is 9.74. The van der Waals surface area contributed by atoms with Crippen molar-refractivity contribution >= 4 is 0 Å². The molecule has 0 radical (unpaired) electrons. The Hall–Kier alpha value is -2.55. The fraction of sp³-hybridized carbons (Fsp3) is 0.435. The van der Waals surface area contributed by atoms with Crippen molar-refractivity contribution in [1.29, 1.82) is 5.26 Å². The Labute approximate surface area is 165 Å². The summed E-state index contributed by atoms with van der Waals surface area (Å²) in [6, 6.07) is 20.2. The van der Waals surface area contributed by atoms with E-state index in [1.54, 1.807) is 14.2 Å². The summed E-state index contributed by atoms with van der Waals surface area (Å²) in [5.41, 5.74) is 1.33. The second-order valence-corrected chi connectivity index (χ2v) is 7.96. The molecule has 5 rings (SSSR count). The third-order valence-corrected chi connectivity index (χ3v) is 7.20. The molecular weight excluding hydrogens is 350 g/mol. The van der Waals surface area contributed by atoms with Crippen molar-refractivity contribution < 1.29 is 9.47 Å². The smallest absolute Gasteiger partial charge is 0.232 e. The van der Waals surface area contributed by atoms with E-state index in [4.69, 9.17) is 19.7 Å². The summed E-state index contributed by atoms with van der Waals surface area (Å²) in [4.78, 5) is 0. The average Bonchev–Trinajstić information content (AvgIpc) is 3.42. The minimum atomic E-state index is -1.02. The van der Waals surface area contributed by atoms with Crippen LogP contribution in [0, 0.1) is 23.2 Å². The molecule has 0 spiro atoms. The van der Waals surface area contributed by atoms with E-state index >= 15 is 0 Å². The van der Waals surface area contributed by atoms with Crippen LogP contribution in [0.4, 0.5) is 0 Å². The van der Waals surface area contributed by atoms with Crippen molar-refractivity contribution in [3.63, 3.8) is 0 Å². The van der Waals surface area contributed by atoms with Crippen molar-refractivity contribution in [2.45, 2.75) is 36.1 Å². The van der Waals surface area contributed by atoms with Gasteiger partial charge in [0.15, 0.2) is 11.1 Å². The molecule has 4 atom stereocenters. The van der Waals surface area contributed by atoms with Crippen LogP contribution in [0.15, 0.2) is 64.8 Å². The molecule has 0 N–H and O–H groups in total. The number of rotatable bonds is 4. The van der Waals surface area contributed by atoms with Crippen LogP contribution in [-0.4, -0.2) is 20.0 Å². The maximum atomic E-state index is 9.22. The molecule has 2 aromatic rings. The molecule has 2 bridgehead atoms. The lowest BCUT2D eigenvalue weighted by Gasteiger charge is -2.44. The standard InChI is InChI=1S/C23H23N3O2/c1-27-23(28-2)21(17-7-4-3-5-8-17)19-9-6-10-20(19)22(23,26-25-21)18-13-11-16(15-24)12-14-18/h3-5,7-8,11-14,19-20H,6,9-10H2,1-2H3/t19-,20+,21-,22+/m0/s1. The first-order valence-corrected chi connectivity index (χ1v) is 9.80. The quantitative estimate of drug-likeness (QED) is 0.739. The van der Waals surface area contributed by atoms with Crippen LogP contribution in [0.2, 0.25) is 0 Å². The van der Waals surface area contributed by atoms with Gasteiger partial charge in [-0.3, -0.25) is 0 Å². The first kappa shape index (κ1) is 17.5. The van der Waals surface area contributed by atoms with Gasteiger partial charge in [-0.05, 0) is 36.1 Å². The number of ether oxygens (including phenoxy) is 2. The molecule has 0 amide bonds. The van der Waals surface area contributed by atoms with Gasteiger partial charge in [-0.25, -0.2) is 0 Å². The van der Waals surface area contributed by atoms with Crippen molar-refractivity contribution in [2.24, 2.45) is 22.1 Å². The second-order valence-electron chi connectivity index (χ2n) is 7.96. The number of nitrogens with zero attached hydrogens (tertiary/aromatic N) is 3. The number of hydrogen-bond donors (Lipinski definition) is 0. The van der Waals surface area contributed by atoms with Crippen LogP contribution in [0.25, 0.3) is 0 Å². The fourth-order valence-corrected chi connectivity index (χ4v) is 6.30. The number of nitriles is 1. The minimum absolute atomic E-state index is 0.276. The summed E-state index contributed by atoms with van der Waals surface area (Å²) in [5, 5.41) is 19.1. The van der Waals surface area contributed by atoms with Crippen molar-refractivity contribution in [3.8, 4) is 6.07 Å². The Morgan fingerprint density at radius 1 is 0.857 bits per heavy atom. The Kier molecular flexibility index (Phi) is 3.74. The van der Waals surface area contributed by atoms with Gasteiger partial charge in [-0.1, -0.05) is 48.9 Å². The molecule has 0 aromatic heterocycles. The number of azo groups is 1. The van der Waals surface area contributed by atoms with Crippen molar-refractivity contribution in [1.82, 2.24) is 0 Å². The average molecular weight is 373 g/mol. The number of fused-ring (bicyclic) bond motifs is 5. The SMILES string of the molecule is COC1(OC)[C@]2(c3ccc(C#N)cc3)N=N[C@@]1(c1ccccc1)[C@H]1CCC[C@H]12. The first-order valence-electron chi connectivity index (χ1n) is 9.80. The van der Waals surface area contributed by atoms with Crippen LogP contribution in [-0.2, 0) is 20.6 Å². The van der Waals surface area contributed by atoms with E-state index in [-0.39, 0.29) is 5.92 Å². The highest BCUT2D eigenvalue weighted by molar-refractivity contribution is 5.47. The maximum Gasteiger partial charge on any atom is 0.232 e. The highest BCUT2D eigenvalue weighted by atomic mass is 16.7. The van der Waals surface area contributed by atoms with Gasteiger partial charge >= 0.3 is 0 Å². The molecule has 2 fully saturated rings. The van der Waals surface area contributed by atoms with E-state index in [9.17, 15) is 5.26 Å². The van der Waals surface area contributed by atoms with Crippen molar-refractivity contribution in [3.05, 3.63) is 71.3 Å². The molecule has 0 saturated heterocycles. The Morgan fingerprint density at radius 3 is 1.89 bits per heavy atom. The van der Waals surface area contributed by atoms with E-state index in [1.165, 1.54) is 0 Å². The number of hydrogen-bond acceptors (Lipinski definition) is 5. The molecule has 2 aromatic carbocycles. The highest BCUT2D eigenvalue weighted by Gasteiger charge is 2.84. The summed E-state index contributed by atoms with van der Waals surface area (Å²) >= 11 is 0. The largest absolute Gasteiger partial charge is 0.348 e. The summed E-state index contributed by atoms with van der Waals surface area (Å²) < 4.78 is 12.5. The van der Waals surface area contributed by atoms with Gasteiger partial charge in [0.1, 0.15) is 0 Å². The maximum absolute atomic E-state index is 9.22. The molecule has 1 aliphatic heterocycles. The molecule has 5 heteroatoms. The van der Waals surface area contributed by atoms with E-state index in [0.717, 1.165) is 30.4 Å². The molecule has 0 unspecified atom stereocenters. The van der Waals surface area contributed by atoms with E-state index in [1.807, 2.05) is 42.5 Å². The topological polar surface area (TPSA) is 67.0 Å². The summed E-state index contributed by atoms with van der Waals surface area (Å²) in [7, 11) is 3.41. The van der Waals surface area contributed by atoms with Gasteiger partial charge in [-0.15, -0.1) is 0 Å². The normalized spacial score (nSPS) is 34.3. The Morgan fingerprint density at radius 2 is 1.39 bits per heavy atom. The predicted molar refractivity (Wildman–Crippen MR) is 103 cm³/mol. The third kappa shape index (κ3) is 1.74. The van der Waals surface area contributed by atoms with Gasteiger partial charge in [0.2, 0.25) is 5.79 Å². The third-order valence-electron chi connectivity index (χ3n) is 7.20. The van der Waals surface area contributed by atoms with Crippen LogP contribution in [0.1, 0.15) is 36.0 Å². The van der Waals surface area contributed by atoms with E-state index in [0.29, 0.717) is 11.5 Å². The lowest BCUT2D eigenvalue weighted by Crippen LogP contribution is -2.58. The van der Waals surface area contributed by atoms with Crippen LogP contribution < -0.4 is 0 Å². The summed E-state index contributed by atoms with van der Waals surface area (Å²) in [6.45, 7) is 0. The monoisotopic (exact) mass is 373 g/mol. The molecule has 1 heterocycles. The molecule has 5 nitrogen and oxygen atoms in total. The zero-order valence-electron chi connectivity index (χ0n) is 16.1. The predicted octanol–water partition coefficient (Wildman–Crippen LogP) is 4.53. The summed E-state index contributed by atoms with van der Waals surface area (Å²) in [6.07, 6.45) is 3.29. The molecule has 2 saturated carbocycles. The summed E-state index contributed by atoms with van der Waals surface area (Å²) in [5.74, 6) is -0.452. The molecule has 3 aliphatic rings. The molecule has 28 heavy (non-hydrogen) atoms. The van der Waals surface area contributed by atoms with E-state index in [2.05, 4.69) is 18.2 Å². The highest BCUT2D eigenvalue weighted by Crippen LogP contribution is 2.75. The zero-order chi connectivity index (χ0) is 19.4. The Balaban J connectivity index is 1.80. The van der Waals surface area contributed by atoms with Gasteiger partial charge in [-0.2, -0.15) is 15.5 Å². The fourth-order valence-electron chi connectivity index (χ4n) is 6.30. The van der Waals surface area contributed by atoms with Crippen LogP contribution in [0.3, 0.4) is 0 Å². The number of methoxy groups -OCH3 is 2. The molecular formula is C23H23N3O2. The van der Waals surface area contributed by atoms with Gasteiger partial charge in [0, 0.05) is 26.1 Å². The van der Waals surface area contributed by atoms with Gasteiger partial charge < -0.3 is 9.47 Å². The first-order chi connectivity index (χ1) is 13.7. The Bertz CT molecular complexity index is 962. The molecule has 2 aliphatic carbocycles. The van der Waals surface area contributed by atoms with Gasteiger partial charge in [0.05, 0.1) is 11.6 Å². The lowest BCUT2D eigenvalue weighted by molar-refractivity contribution is -0.263. The zero-order valence-corrected chi connectivity index (χ0v) is 16.1. The van der Waals surface area contributed by atoms with Crippen LogP contribution in [0.5, 0.6) is 0 Å². The van der Waals surface area contributed by atoms with Crippen molar-refractivity contribution in [2.75, 3.05) is 14.2 Å². The van der Waals surface area contributed by atoms with Gasteiger partial charge in [0.25, 0.3) is 0 Å². The number of benzene rings is 2. The van der Waals surface area contributed by atoms with E-state index < -0.39 is 16.9 Å². The second kappa shape index (κ2) is 5.97. The molecule has 142 valence electrons. The minimum Gasteiger partial charge on any atom is -0.348 e.